The summed E-state index contributed by atoms with van der Waals surface area (Å²) in [4.78, 5) is 14.8. The molecule has 1 N–H and O–H groups in total. The Morgan fingerprint density at radius 3 is 2.50 bits per heavy atom. The van der Waals surface area contributed by atoms with E-state index in [2.05, 4.69) is 10.2 Å². The van der Waals surface area contributed by atoms with Gasteiger partial charge in [-0.05, 0) is 24.6 Å². The highest BCUT2D eigenvalue weighted by atomic mass is 16.5. The maximum Gasteiger partial charge on any atom is 0.258 e. The molecular formula is C21H26N2O3. The lowest BCUT2D eigenvalue weighted by atomic mass is 10.1. The molecule has 1 aliphatic heterocycles. The highest BCUT2D eigenvalue weighted by Crippen LogP contribution is 2.16. The minimum Gasteiger partial charge on any atom is -0.484 e. The number of ether oxygens (including phenoxy) is 2. The number of morpholine rings is 1. The van der Waals surface area contributed by atoms with Gasteiger partial charge in [0.05, 0.1) is 19.3 Å². The normalized spacial score (nSPS) is 16.0. The van der Waals surface area contributed by atoms with Crippen LogP contribution in [-0.2, 0) is 9.53 Å². The molecule has 0 saturated carbocycles. The summed E-state index contributed by atoms with van der Waals surface area (Å²) in [5.41, 5.74) is 2.26. The number of benzene rings is 2. The zero-order chi connectivity index (χ0) is 18.2. The molecule has 1 amide bonds. The fourth-order valence-corrected chi connectivity index (χ4v) is 2.98. The molecule has 0 spiro atoms. The fourth-order valence-electron chi connectivity index (χ4n) is 2.98. The van der Waals surface area contributed by atoms with Crippen LogP contribution in [-0.4, -0.2) is 50.3 Å². The summed E-state index contributed by atoms with van der Waals surface area (Å²) in [6, 6.07) is 17.7. The van der Waals surface area contributed by atoms with E-state index < -0.39 is 0 Å². The summed E-state index contributed by atoms with van der Waals surface area (Å²) in [5.74, 6) is 0.586. The van der Waals surface area contributed by atoms with Crippen LogP contribution in [0.2, 0.25) is 0 Å². The average molecular weight is 354 g/mol. The zero-order valence-electron chi connectivity index (χ0n) is 15.2. The molecule has 2 aromatic carbocycles. The molecule has 1 atom stereocenters. The topological polar surface area (TPSA) is 50.8 Å². The summed E-state index contributed by atoms with van der Waals surface area (Å²) in [5, 5.41) is 3.12. The van der Waals surface area contributed by atoms with Gasteiger partial charge in [-0.15, -0.1) is 0 Å². The lowest BCUT2D eigenvalue weighted by Crippen LogP contribution is -2.44. The lowest BCUT2D eigenvalue weighted by Gasteiger charge is -2.31. The largest absolute Gasteiger partial charge is 0.484 e. The number of aryl methyl sites for hydroxylation is 1. The van der Waals surface area contributed by atoms with Crippen molar-refractivity contribution in [1.29, 1.82) is 0 Å². The number of amides is 1. The molecule has 5 nitrogen and oxygen atoms in total. The first-order valence-corrected chi connectivity index (χ1v) is 9.04. The van der Waals surface area contributed by atoms with E-state index in [1.165, 1.54) is 0 Å². The van der Waals surface area contributed by atoms with Gasteiger partial charge in [0.15, 0.2) is 6.61 Å². The number of hydrogen-bond acceptors (Lipinski definition) is 4. The zero-order valence-corrected chi connectivity index (χ0v) is 15.2. The van der Waals surface area contributed by atoms with Gasteiger partial charge < -0.3 is 14.8 Å². The van der Waals surface area contributed by atoms with Gasteiger partial charge >= 0.3 is 0 Å². The van der Waals surface area contributed by atoms with Crippen molar-refractivity contribution in [3.05, 3.63) is 65.7 Å². The van der Waals surface area contributed by atoms with Crippen LogP contribution in [0.15, 0.2) is 54.6 Å². The first kappa shape index (κ1) is 18.4. The molecule has 2 aromatic rings. The van der Waals surface area contributed by atoms with Crippen molar-refractivity contribution in [2.24, 2.45) is 0 Å². The molecule has 0 bridgehead atoms. The molecule has 26 heavy (non-hydrogen) atoms. The summed E-state index contributed by atoms with van der Waals surface area (Å²) in [6.07, 6.45) is 0. The third kappa shape index (κ3) is 5.58. The monoisotopic (exact) mass is 354 g/mol. The number of hydrogen-bond donors (Lipinski definition) is 1. The predicted molar refractivity (Wildman–Crippen MR) is 101 cm³/mol. The molecular weight excluding hydrogens is 328 g/mol. The van der Waals surface area contributed by atoms with Crippen LogP contribution in [0.25, 0.3) is 0 Å². The number of carbonyl (C=O) groups excluding carboxylic acids is 1. The molecule has 1 fully saturated rings. The van der Waals surface area contributed by atoms with Crippen molar-refractivity contribution in [1.82, 2.24) is 10.2 Å². The lowest BCUT2D eigenvalue weighted by molar-refractivity contribution is -0.124. The Morgan fingerprint density at radius 1 is 1.12 bits per heavy atom. The molecule has 3 rings (SSSR count). The second-order valence-corrected chi connectivity index (χ2v) is 6.55. The highest BCUT2D eigenvalue weighted by Gasteiger charge is 2.20. The van der Waals surface area contributed by atoms with Gasteiger partial charge in [0, 0.05) is 19.6 Å². The van der Waals surface area contributed by atoms with Gasteiger partial charge in [0.2, 0.25) is 0 Å². The molecule has 138 valence electrons. The second-order valence-electron chi connectivity index (χ2n) is 6.55. The number of carbonyl (C=O) groups is 1. The van der Waals surface area contributed by atoms with E-state index in [-0.39, 0.29) is 18.6 Å². The molecule has 0 radical (unpaired) electrons. The quantitative estimate of drug-likeness (QED) is 0.830. The van der Waals surface area contributed by atoms with Gasteiger partial charge in [-0.25, -0.2) is 0 Å². The van der Waals surface area contributed by atoms with E-state index in [1.807, 2.05) is 61.5 Å². The Labute approximate surface area is 154 Å². The van der Waals surface area contributed by atoms with Crippen molar-refractivity contribution in [3.8, 4) is 5.75 Å². The smallest absolute Gasteiger partial charge is 0.258 e. The Balaban J connectivity index is 1.58. The first-order valence-electron chi connectivity index (χ1n) is 9.04. The summed E-state index contributed by atoms with van der Waals surface area (Å²) >= 11 is 0. The SMILES string of the molecule is Cc1ccc(OCC(=O)N[C@@H](CN2CCOCC2)c2ccccc2)cc1. The van der Waals surface area contributed by atoms with Crippen molar-refractivity contribution < 1.29 is 14.3 Å². The van der Waals surface area contributed by atoms with Crippen LogP contribution in [0, 0.1) is 6.92 Å². The van der Waals surface area contributed by atoms with Crippen LogP contribution in [0.5, 0.6) is 5.75 Å². The standard InChI is InChI=1S/C21H26N2O3/c1-17-7-9-19(10-8-17)26-16-21(24)22-20(18-5-3-2-4-6-18)15-23-11-13-25-14-12-23/h2-10,20H,11-16H2,1H3,(H,22,24)/t20-/m0/s1. The molecule has 1 heterocycles. The summed E-state index contributed by atoms with van der Waals surface area (Å²) in [7, 11) is 0. The molecule has 1 saturated heterocycles. The Hall–Kier alpha value is -2.37. The van der Waals surface area contributed by atoms with Crippen LogP contribution >= 0.6 is 0 Å². The van der Waals surface area contributed by atoms with Crippen molar-refractivity contribution in [3.63, 3.8) is 0 Å². The first-order chi connectivity index (χ1) is 12.7. The van der Waals surface area contributed by atoms with Crippen molar-refractivity contribution in [2.75, 3.05) is 39.5 Å². The van der Waals surface area contributed by atoms with Crippen LogP contribution in [0.1, 0.15) is 17.2 Å². The van der Waals surface area contributed by atoms with Gasteiger partial charge in [-0.1, -0.05) is 48.0 Å². The maximum atomic E-state index is 12.4. The van der Waals surface area contributed by atoms with Crippen LogP contribution in [0.4, 0.5) is 0 Å². The minimum absolute atomic E-state index is 0.00943. The number of nitrogens with zero attached hydrogens (tertiary/aromatic N) is 1. The minimum atomic E-state index is -0.118. The second kappa shape index (κ2) is 9.36. The van der Waals surface area contributed by atoms with E-state index in [4.69, 9.17) is 9.47 Å². The molecule has 0 unspecified atom stereocenters. The van der Waals surface area contributed by atoms with Gasteiger partial charge in [-0.2, -0.15) is 0 Å². The third-order valence-corrected chi connectivity index (χ3v) is 4.47. The van der Waals surface area contributed by atoms with E-state index in [0.717, 1.165) is 44.0 Å². The van der Waals surface area contributed by atoms with E-state index in [1.54, 1.807) is 0 Å². The fraction of sp³-hybridized carbons (Fsp3) is 0.381. The highest BCUT2D eigenvalue weighted by molar-refractivity contribution is 5.78. The number of rotatable bonds is 7. The van der Waals surface area contributed by atoms with Crippen LogP contribution in [0.3, 0.4) is 0 Å². The van der Waals surface area contributed by atoms with Crippen molar-refractivity contribution in [2.45, 2.75) is 13.0 Å². The maximum absolute atomic E-state index is 12.4. The van der Waals surface area contributed by atoms with Gasteiger partial charge in [0.25, 0.3) is 5.91 Å². The third-order valence-electron chi connectivity index (χ3n) is 4.47. The molecule has 5 heteroatoms. The van der Waals surface area contributed by atoms with E-state index in [0.29, 0.717) is 5.75 Å². The Kier molecular flexibility index (Phi) is 6.63. The van der Waals surface area contributed by atoms with E-state index in [9.17, 15) is 4.79 Å². The van der Waals surface area contributed by atoms with Gasteiger partial charge in [0.1, 0.15) is 5.75 Å². The van der Waals surface area contributed by atoms with Gasteiger partial charge in [-0.3, -0.25) is 9.69 Å². The molecule has 1 aliphatic rings. The molecule has 0 aliphatic carbocycles. The summed E-state index contributed by atoms with van der Waals surface area (Å²) < 4.78 is 11.0. The summed E-state index contributed by atoms with van der Waals surface area (Å²) in [6.45, 7) is 6.06. The van der Waals surface area contributed by atoms with Crippen molar-refractivity contribution >= 4 is 5.91 Å². The number of nitrogens with one attached hydrogen (secondary N) is 1. The van der Waals surface area contributed by atoms with Crippen LogP contribution < -0.4 is 10.1 Å². The Morgan fingerprint density at radius 2 is 1.81 bits per heavy atom. The Bertz CT molecular complexity index is 682. The predicted octanol–water partition coefficient (Wildman–Crippen LogP) is 2.56. The average Bonchev–Trinajstić information content (AvgIpc) is 2.68. The van der Waals surface area contributed by atoms with E-state index >= 15 is 0 Å². The molecule has 0 aromatic heterocycles.